The lowest BCUT2D eigenvalue weighted by molar-refractivity contribution is -0.132. The predicted octanol–water partition coefficient (Wildman–Crippen LogP) is 2.26. The van der Waals surface area contributed by atoms with Gasteiger partial charge in [-0.3, -0.25) is 9.59 Å². The standard InChI is InChI=1S/C23H29N5O3/c1-16-4-7-19(31-16)20(29)27-11-2-8-23(21(30)26-12-17-5-6-17)15-28(14-18(23)13-27)22-24-9-3-10-25-22/h3-4,7,9-10,17-18H,2,5-6,8,11-15H2,1H3,(H,26,30)/t18-,23-/m0/s1. The highest BCUT2D eigenvalue weighted by molar-refractivity contribution is 5.92. The molecular formula is C23H29N5O3. The number of nitrogens with zero attached hydrogens (tertiary/aromatic N) is 4. The summed E-state index contributed by atoms with van der Waals surface area (Å²) in [7, 11) is 0. The van der Waals surface area contributed by atoms with E-state index < -0.39 is 5.41 Å². The van der Waals surface area contributed by atoms with Crippen molar-refractivity contribution in [2.24, 2.45) is 17.3 Å². The maximum atomic E-state index is 13.5. The van der Waals surface area contributed by atoms with Crippen LogP contribution in [-0.4, -0.2) is 59.4 Å². The third-order valence-corrected chi connectivity index (χ3v) is 6.96. The Kier molecular flexibility index (Phi) is 5.16. The first kappa shape index (κ1) is 20.0. The number of hydrogen-bond acceptors (Lipinski definition) is 6. The van der Waals surface area contributed by atoms with E-state index in [1.807, 2.05) is 17.9 Å². The maximum absolute atomic E-state index is 13.5. The predicted molar refractivity (Wildman–Crippen MR) is 114 cm³/mol. The molecule has 0 spiro atoms. The summed E-state index contributed by atoms with van der Waals surface area (Å²) in [5.74, 6) is 2.38. The van der Waals surface area contributed by atoms with Crippen molar-refractivity contribution in [1.82, 2.24) is 20.2 Å². The number of rotatable bonds is 5. The van der Waals surface area contributed by atoms with E-state index in [-0.39, 0.29) is 17.7 Å². The summed E-state index contributed by atoms with van der Waals surface area (Å²) in [6.45, 7) is 4.99. The Hall–Kier alpha value is -2.90. The van der Waals surface area contributed by atoms with Gasteiger partial charge in [0.25, 0.3) is 5.91 Å². The zero-order chi connectivity index (χ0) is 21.4. The van der Waals surface area contributed by atoms with Crippen LogP contribution in [0.15, 0.2) is 35.0 Å². The minimum absolute atomic E-state index is 0.0121. The van der Waals surface area contributed by atoms with Crippen LogP contribution in [0.3, 0.4) is 0 Å². The van der Waals surface area contributed by atoms with Crippen molar-refractivity contribution in [2.75, 3.05) is 37.6 Å². The Bertz CT molecular complexity index is 957. The fourth-order valence-electron chi connectivity index (χ4n) is 5.04. The molecule has 0 bridgehead atoms. The average molecular weight is 424 g/mol. The molecule has 2 amide bonds. The summed E-state index contributed by atoms with van der Waals surface area (Å²) >= 11 is 0. The van der Waals surface area contributed by atoms with Crippen molar-refractivity contribution in [1.29, 1.82) is 0 Å². The largest absolute Gasteiger partial charge is 0.456 e. The van der Waals surface area contributed by atoms with Gasteiger partial charge in [0.2, 0.25) is 11.9 Å². The Balaban J connectivity index is 1.40. The number of nitrogens with one attached hydrogen (secondary N) is 1. The van der Waals surface area contributed by atoms with Crippen LogP contribution in [0.2, 0.25) is 0 Å². The molecule has 4 heterocycles. The van der Waals surface area contributed by atoms with Gasteiger partial charge in [-0.05, 0) is 56.7 Å². The SMILES string of the molecule is Cc1ccc(C(=O)N2CCC[C@]3(C(=O)NCC4CC4)CN(c4ncccn4)C[C@@H]3C2)o1. The zero-order valence-electron chi connectivity index (χ0n) is 17.9. The van der Waals surface area contributed by atoms with Crippen molar-refractivity contribution in [3.63, 3.8) is 0 Å². The van der Waals surface area contributed by atoms with E-state index in [0.717, 1.165) is 25.1 Å². The second-order valence-corrected chi connectivity index (χ2v) is 9.20. The lowest BCUT2D eigenvalue weighted by Gasteiger charge is -2.32. The Morgan fingerprint density at radius 1 is 1.23 bits per heavy atom. The smallest absolute Gasteiger partial charge is 0.289 e. The molecule has 5 rings (SSSR count). The van der Waals surface area contributed by atoms with Gasteiger partial charge < -0.3 is 19.5 Å². The topological polar surface area (TPSA) is 91.6 Å². The molecule has 2 aliphatic heterocycles. The molecule has 2 saturated heterocycles. The summed E-state index contributed by atoms with van der Waals surface area (Å²) in [4.78, 5) is 39.4. The number of furan rings is 1. The summed E-state index contributed by atoms with van der Waals surface area (Å²) in [6.07, 6.45) is 7.38. The van der Waals surface area contributed by atoms with Gasteiger partial charge >= 0.3 is 0 Å². The normalized spacial score (nSPS) is 25.8. The molecule has 1 aliphatic carbocycles. The molecule has 0 aromatic carbocycles. The molecule has 31 heavy (non-hydrogen) atoms. The molecule has 0 unspecified atom stereocenters. The van der Waals surface area contributed by atoms with Gasteiger partial charge in [0.15, 0.2) is 5.76 Å². The molecular weight excluding hydrogens is 394 g/mol. The van der Waals surface area contributed by atoms with Gasteiger partial charge in [0.1, 0.15) is 5.76 Å². The molecule has 3 fully saturated rings. The second kappa shape index (κ2) is 7.98. The number of amides is 2. The van der Waals surface area contributed by atoms with Gasteiger partial charge in [-0.2, -0.15) is 0 Å². The van der Waals surface area contributed by atoms with Crippen molar-refractivity contribution in [3.05, 3.63) is 42.1 Å². The van der Waals surface area contributed by atoms with E-state index in [2.05, 4.69) is 20.2 Å². The number of carbonyl (C=O) groups is 2. The van der Waals surface area contributed by atoms with Crippen LogP contribution in [0, 0.1) is 24.2 Å². The lowest BCUT2D eigenvalue weighted by atomic mass is 9.74. The van der Waals surface area contributed by atoms with E-state index in [4.69, 9.17) is 4.42 Å². The zero-order valence-corrected chi connectivity index (χ0v) is 17.9. The molecule has 164 valence electrons. The van der Waals surface area contributed by atoms with Gasteiger partial charge in [0, 0.05) is 51.0 Å². The number of aromatic nitrogens is 2. The second-order valence-electron chi connectivity index (χ2n) is 9.20. The van der Waals surface area contributed by atoms with Gasteiger partial charge in [0.05, 0.1) is 5.41 Å². The molecule has 8 nitrogen and oxygen atoms in total. The van der Waals surface area contributed by atoms with E-state index in [1.54, 1.807) is 24.5 Å². The number of likely N-dealkylation sites (tertiary alicyclic amines) is 1. The van der Waals surface area contributed by atoms with E-state index >= 15 is 0 Å². The molecule has 2 atom stereocenters. The molecule has 0 radical (unpaired) electrons. The highest BCUT2D eigenvalue weighted by Gasteiger charge is 2.54. The molecule has 1 saturated carbocycles. The first-order valence-corrected chi connectivity index (χ1v) is 11.2. The summed E-state index contributed by atoms with van der Waals surface area (Å²) in [5, 5.41) is 3.23. The average Bonchev–Trinajstić information content (AvgIpc) is 3.45. The Labute approximate surface area is 182 Å². The molecule has 1 N–H and O–H groups in total. The van der Waals surface area contributed by atoms with Crippen molar-refractivity contribution >= 4 is 17.8 Å². The minimum atomic E-state index is -0.539. The first-order valence-electron chi connectivity index (χ1n) is 11.2. The summed E-state index contributed by atoms with van der Waals surface area (Å²) in [6, 6.07) is 5.34. The van der Waals surface area contributed by atoms with Crippen molar-refractivity contribution in [2.45, 2.75) is 32.6 Å². The molecule has 2 aromatic heterocycles. The van der Waals surface area contributed by atoms with E-state index in [0.29, 0.717) is 43.8 Å². The highest BCUT2D eigenvalue weighted by Crippen LogP contribution is 2.44. The first-order chi connectivity index (χ1) is 15.0. The monoisotopic (exact) mass is 423 g/mol. The molecule has 3 aliphatic rings. The molecule has 2 aromatic rings. The summed E-state index contributed by atoms with van der Waals surface area (Å²) < 4.78 is 5.58. The van der Waals surface area contributed by atoms with Crippen LogP contribution in [0.25, 0.3) is 0 Å². The fraction of sp³-hybridized carbons (Fsp3) is 0.565. The Morgan fingerprint density at radius 3 is 2.74 bits per heavy atom. The van der Waals surface area contributed by atoms with Crippen LogP contribution in [-0.2, 0) is 4.79 Å². The van der Waals surface area contributed by atoms with Crippen LogP contribution < -0.4 is 10.2 Å². The van der Waals surface area contributed by atoms with Crippen LogP contribution in [0.5, 0.6) is 0 Å². The minimum Gasteiger partial charge on any atom is -0.456 e. The number of hydrogen-bond donors (Lipinski definition) is 1. The number of anilines is 1. The van der Waals surface area contributed by atoms with Crippen molar-refractivity contribution in [3.8, 4) is 0 Å². The van der Waals surface area contributed by atoms with Crippen LogP contribution in [0.4, 0.5) is 5.95 Å². The van der Waals surface area contributed by atoms with Crippen LogP contribution in [0.1, 0.15) is 42.0 Å². The Morgan fingerprint density at radius 2 is 2.03 bits per heavy atom. The maximum Gasteiger partial charge on any atom is 0.289 e. The number of fused-ring (bicyclic) bond motifs is 1. The molecule has 8 heteroatoms. The highest BCUT2D eigenvalue weighted by atomic mass is 16.3. The van der Waals surface area contributed by atoms with Gasteiger partial charge in [-0.15, -0.1) is 0 Å². The third-order valence-electron chi connectivity index (χ3n) is 6.96. The van der Waals surface area contributed by atoms with Gasteiger partial charge in [-0.25, -0.2) is 9.97 Å². The van der Waals surface area contributed by atoms with Gasteiger partial charge in [-0.1, -0.05) is 0 Å². The summed E-state index contributed by atoms with van der Waals surface area (Å²) in [5.41, 5.74) is -0.539. The fourth-order valence-corrected chi connectivity index (χ4v) is 5.04. The lowest BCUT2D eigenvalue weighted by Crippen LogP contribution is -2.48. The van der Waals surface area contributed by atoms with E-state index in [1.165, 1.54) is 12.8 Å². The quantitative estimate of drug-likeness (QED) is 0.793. The third kappa shape index (κ3) is 3.91. The van der Waals surface area contributed by atoms with E-state index in [9.17, 15) is 9.59 Å². The number of aryl methyl sites for hydroxylation is 1. The van der Waals surface area contributed by atoms with Crippen LogP contribution >= 0.6 is 0 Å². The number of carbonyl (C=O) groups excluding carboxylic acids is 2. The van der Waals surface area contributed by atoms with Crippen molar-refractivity contribution < 1.29 is 14.0 Å².